The Hall–Kier alpha value is -3.84. The SMILES string of the molecule is C=Cc1ccc(C=Cc2ccc(N(c3ccc(C)cc3)c3ccc(C)cc3)cc2)cc1. The van der Waals surface area contributed by atoms with E-state index in [2.05, 4.69) is 135 Å². The second kappa shape index (κ2) is 9.32. The summed E-state index contributed by atoms with van der Waals surface area (Å²) in [4.78, 5) is 2.29. The fourth-order valence-corrected chi connectivity index (χ4v) is 3.51. The molecular weight excluding hydrogens is 374 g/mol. The lowest BCUT2D eigenvalue weighted by Gasteiger charge is -2.25. The predicted molar refractivity (Wildman–Crippen MR) is 136 cm³/mol. The lowest BCUT2D eigenvalue weighted by molar-refractivity contribution is 1.27. The normalized spacial score (nSPS) is 10.9. The minimum absolute atomic E-state index is 1.13. The molecule has 0 spiro atoms. The number of rotatable bonds is 6. The summed E-state index contributed by atoms with van der Waals surface area (Å²) in [6, 6.07) is 34.4. The van der Waals surface area contributed by atoms with Crippen LogP contribution in [0.2, 0.25) is 0 Å². The van der Waals surface area contributed by atoms with Crippen LogP contribution in [-0.2, 0) is 0 Å². The lowest BCUT2D eigenvalue weighted by atomic mass is 10.1. The van der Waals surface area contributed by atoms with Gasteiger partial charge in [-0.1, -0.05) is 96.6 Å². The van der Waals surface area contributed by atoms with E-state index in [1.165, 1.54) is 22.3 Å². The fourth-order valence-electron chi connectivity index (χ4n) is 3.51. The van der Waals surface area contributed by atoms with Crippen LogP contribution in [0, 0.1) is 13.8 Å². The maximum Gasteiger partial charge on any atom is 0.0462 e. The molecular formula is C30H27N. The van der Waals surface area contributed by atoms with Crippen molar-refractivity contribution in [1.82, 2.24) is 0 Å². The Balaban J connectivity index is 1.62. The maximum atomic E-state index is 3.81. The van der Waals surface area contributed by atoms with Crippen LogP contribution >= 0.6 is 0 Å². The monoisotopic (exact) mass is 401 g/mol. The Morgan fingerprint density at radius 1 is 0.484 bits per heavy atom. The first-order chi connectivity index (χ1) is 15.1. The molecule has 0 atom stereocenters. The highest BCUT2D eigenvalue weighted by molar-refractivity contribution is 5.78. The Morgan fingerprint density at radius 3 is 1.19 bits per heavy atom. The van der Waals surface area contributed by atoms with Gasteiger partial charge in [0.1, 0.15) is 0 Å². The molecule has 4 rings (SSSR count). The molecule has 152 valence electrons. The van der Waals surface area contributed by atoms with Crippen molar-refractivity contribution in [3.8, 4) is 0 Å². The van der Waals surface area contributed by atoms with Gasteiger partial charge in [-0.05, 0) is 66.9 Å². The highest BCUT2D eigenvalue weighted by atomic mass is 15.1. The molecule has 4 aromatic rings. The van der Waals surface area contributed by atoms with Crippen LogP contribution in [0.5, 0.6) is 0 Å². The molecule has 0 aliphatic heterocycles. The molecule has 0 aliphatic rings. The van der Waals surface area contributed by atoms with Gasteiger partial charge in [0.15, 0.2) is 0 Å². The van der Waals surface area contributed by atoms with Gasteiger partial charge in [-0.3, -0.25) is 0 Å². The van der Waals surface area contributed by atoms with E-state index in [0.29, 0.717) is 0 Å². The van der Waals surface area contributed by atoms with Gasteiger partial charge in [-0.2, -0.15) is 0 Å². The van der Waals surface area contributed by atoms with Crippen molar-refractivity contribution in [2.24, 2.45) is 0 Å². The summed E-state index contributed by atoms with van der Waals surface area (Å²) >= 11 is 0. The fraction of sp³-hybridized carbons (Fsp3) is 0.0667. The van der Waals surface area contributed by atoms with Crippen molar-refractivity contribution in [2.45, 2.75) is 13.8 Å². The van der Waals surface area contributed by atoms with Crippen molar-refractivity contribution < 1.29 is 0 Å². The Labute approximate surface area is 185 Å². The van der Waals surface area contributed by atoms with Gasteiger partial charge in [0, 0.05) is 17.1 Å². The van der Waals surface area contributed by atoms with E-state index >= 15 is 0 Å². The Kier molecular flexibility index (Phi) is 6.14. The van der Waals surface area contributed by atoms with Gasteiger partial charge < -0.3 is 4.90 Å². The maximum absolute atomic E-state index is 3.81. The molecule has 0 N–H and O–H groups in total. The second-order valence-corrected chi connectivity index (χ2v) is 7.80. The van der Waals surface area contributed by atoms with Crippen LogP contribution in [0.3, 0.4) is 0 Å². The second-order valence-electron chi connectivity index (χ2n) is 7.80. The number of hydrogen-bond acceptors (Lipinski definition) is 1. The summed E-state index contributed by atoms with van der Waals surface area (Å²) in [5.74, 6) is 0. The van der Waals surface area contributed by atoms with Gasteiger partial charge in [0.25, 0.3) is 0 Å². The molecule has 0 bridgehead atoms. The number of aryl methyl sites for hydroxylation is 2. The quantitative estimate of drug-likeness (QED) is 0.292. The van der Waals surface area contributed by atoms with Crippen LogP contribution in [0.1, 0.15) is 27.8 Å². The average molecular weight is 402 g/mol. The van der Waals surface area contributed by atoms with Crippen molar-refractivity contribution in [1.29, 1.82) is 0 Å². The number of hydrogen-bond donors (Lipinski definition) is 0. The molecule has 0 saturated carbocycles. The molecule has 0 aliphatic carbocycles. The topological polar surface area (TPSA) is 3.24 Å². The molecule has 0 amide bonds. The molecule has 0 saturated heterocycles. The zero-order valence-corrected chi connectivity index (χ0v) is 18.1. The first kappa shape index (κ1) is 20.4. The number of nitrogens with zero attached hydrogens (tertiary/aromatic N) is 1. The third-order valence-corrected chi connectivity index (χ3v) is 5.38. The molecule has 0 unspecified atom stereocenters. The van der Waals surface area contributed by atoms with E-state index in [-0.39, 0.29) is 0 Å². The molecule has 4 aromatic carbocycles. The van der Waals surface area contributed by atoms with Gasteiger partial charge >= 0.3 is 0 Å². The highest BCUT2D eigenvalue weighted by Crippen LogP contribution is 2.34. The summed E-state index contributed by atoms with van der Waals surface area (Å²) in [7, 11) is 0. The molecule has 0 heterocycles. The van der Waals surface area contributed by atoms with Gasteiger partial charge in [-0.15, -0.1) is 0 Å². The zero-order valence-electron chi connectivity index (χ0n) is 18.1. The van der Waals surface area contributed by atoms with Crippen LogP contribution in [0.25, 0.3) is 18.2 Å². The zero-order chi connectivity index (χ0) is 21.6. The Bertz CT molecular complexity index is 1120. The number of benzene rings is 4. The molecule has 0 fully saturated rings. The van der Waals surface area contributed by atoms with E-state index in [0.717, 1.165) is 22.6 Å². The average Bonchev–Trinajstić information content (AvgIpc) is 2.81. The minimum Gasteiger partial charge on any atom is -0.311 e. The van der Waals surface area contributed by atoms with E-state index in [1.807, 2.05) is 6.08 Å². The van der Waals surface area contributed by atoms with Crippen LogP contribution in [0.4, 0.5) is 17.1 Å². The van der Waals surface area contributed by atoms with Gasteiger partial charge in [0.2, 0.25) is 0 Å². The molecule has 1 heteroatoms. The summed E-state index contributed by atoms with van der Waals surface area (Å²) in [5.41, 5.74) is 9.44. The Morgan fingerprint density at radius 2 is 0.806 bits per heavy atom. The largest absolute Gasteiger partial charge is 0.311 e. The highest BCUT2D eigenvalue weighted by Gasteiger charge is 2.12. The summed E-state index contributed by atoms with van der Waals surface area (Å²) in [6.45, 7) is 8.04. The van der Waals surface area contributed by atoms with E-state index in [9.17, 15) is 0 Å². The van der Waals surface area contributed by atoms with Crippen molar-refractivity contribution in [3.63, 3.8) is 0 Å². The third kappa shape index (κ3) is 5.02. The van der Waals surface area contributed by atoms with E-state index in [1.54, 1.807) is 0 Å². The summed E-state index contributed by atoms with van der Waals surface area (Å²) in [6.07, 6.45) is 6.15. The molecule has 31 heavy (non-hydrogen) atoms. The smallest absolute Gasteiger partial charge is 0.0462 e. The predicted octanol–water partition coefficient (Wildman–Crippen LogP) is 8.59. The van der Waals surface area contributed by atoms with E-state index < -0.39 is 0 Å². The summed E-state index contributed by atoms with van der Waals surface area (Å²) < 4.78 is 0. The van der Waals surface area contributed by atoms with Crippen LogP contribution < -0.4 is 4.90 Å². The van der Waals surface area contributed by atoms with Gasteiger partial charge in [-0.25, -0.2) is 0 Å². The number of anilines is 3. The standard InChI is InChI=1S/C30H27N/c1-4-25-9-11-26(12-10-25)13-14-27-15-21-30(22-16-27)31(28-17-5-23(2)6-18-28)29-19-7-24(3)8-20-29/h4-22H,1H2,2-3H3. The van der Waals surface area contributed by atoms with Crippen molar-refractivity contribution in [3.05, 3.63) is 131 Å². The molecule has 0 radical (unpaired) electrons. The van der Waals surface area contributed by atoms with Gasteiger partial charge in [0.05, 0.1) is 0 Å². The van der Waals surface area contributed by atoms with E-state index in [4.69, 9.17) is 0 Å². The van der Waals surface area contributed by atoms with Crippen molar-refractivity contribution in [2.75, 3.05) is 4.90 Å². The minimum atomic E-state index is 1.13. The molecule has 1 nitrogen and oxygen atoms in total. The first-order valence-electron chi connectivity index (χ1n) is 10.6. The lowest BCUT2D eigenvalue weighted by Crippen LogP contribution is -2.09. The third-order valence-electron chi connectivity index (χ3n) is 5.38. The molecule has 0 aromatic heterocycles. The van der Waals surface area contributed by atoms with Crippen molar-refractivity contribution >= 4 is 35.3 Å². The summed E-state index contributed by atoms with van der Waals surface area (Å²) in [5, 5.41) is 0. The van der Waals surface area contributed by atoms with Crippen LogP contribution in [0.15, 0.2) is 104 Å². The first-order valence-corrected chi connectivity index (χ1v) is 10.6. The van der Waals surface area contributed by atoms with Crippen LogP contribution in [-0.4, -0.2) is 0 Å².